The maximum absolute atomic E-state index is 13.0. The predicted molar refractivity (Wildman–Crippen MR) is 127 cm³/mol. The van der Waals surface area contributed by atoms with E-state index in [1.54, 1.807) is 18.9 Å². The molecule has 0 aliphatic carbocycles. The van der Waals surface area contributed by atoms with Crippen LogP contribution in [-0.4, -0.2) is 48.0 Å². The number of ether oxygens (including phenoxy) is 3. The van der Waals surface area contributed by atoms with E-state index in [9.17, 15) is 9.59 Å². The summed E-state index contributed by atoms with van der Waals surface area (Å²) in [7, 11) is 1.55. The Morgan fingerprint density at radius 3 is 2.61 bits per heavy atom. The van der Waals surface area contributed by atoms with Gasteiger partial charge < -0.3 is 14.2 Å². The lowest BCUT2D eigenvalue weighted by Crippen LogP contribution is -2.45. The zero-order valence-corrected chi connectivity index (χ0v) is 19.5. The molecule has 33 heavy (non-hydrogen) atoms. The van der Waals surface area contributed by atoms with Gasteiger partial charge in [0.15, 0.2) is 5.17 Å². The molecule has 1 saturated heterocycles. The molecule has 0 bridgehead atoms. The Balaban J connectivity index is 1.61. The summed E-state index contributed by atoms with van der Waals surface area (Å²) in [6.07, 6.45) is 0.392. The number of hydrogen-bond donors (Lipinski definition) is 0. The van der Waals surface area contributed by atoms with Crippen LogP contribution in [0.4, 0.5) is 0 Å². The van der Waals surface area contributed by atoms with Gasteiger partial charge in [-0.3, -0.25) is 9.69 Å². The fourth-order valence-electron chi connectivity index (χ4n) is 3.76. The number of aliphatic imine (C=N–C) groups is 1. The van der Waals surface area contributed by atoms with Gasteiger partial charge in [-0.2, -0.15) is 0 Å². The Hall–Kier alpha value is -3.10. The second-order valence-corrected chi connectivity index (χ2v) is 8.69. The molecule has 0 unspecified atom stereocenters. The molecule has 0 N–H and O–H groups in total. The van der Waals surface area contributed by atoms with Gasteiger partial charge in [-0.25, -0.2) is 9.79 Å². The minimum atomic E-state index is -0.601. The fraction of sp³-hybridized carbons (Fsp3) is 0.320. The number of rotatable bonds is 8. The lowest BCUT2D eigenvalue weighted by atomic mass is 9.94. The third kappa shape index (κ3) is 5.29. The maximum atomic E-state index is 13.0. The van der Waals surface area contributed by atoms with E-state index in [4.69, 9.17) is 14.2 Å². The van der Waals surface area contributed by atoms with Crippen molar-refractivity contribution in [2.45, 2.75) is 26.0 Å². The molecule has 7 nitrogen and oxygen atoms in total. The molecule has 0 radical (unpaired) electrons. The Morgan fingerprint density at radius 2 is 1.88 bits per heavy atom. The Morgan fingerprint density at radius 1 is 1.12 bits per heavy atom. The van der Waals surface area contributed by atoms with Gasteiger partial charge in [-0.15, -0.1) is 0 Å². The van der Waals surface area contributed by atoms with E-state index in [2.05, 4.69) is 4.99 Å². The Kier molecular flexibility index (Phi) is 7.47. The van der Waals surface area contributed by atoms with E-state index in [-0.39, 0.29) is 12.5 Å². The van der Waals surface area contributed by atoms with Gasteiger partial charge in [0.2, 0.25) is 5.91 Å². The quantitative estimate of drug-likeness (QED) is 0.431. The summed E-state index contributed by atoms with van der Waals surface area (Å²) in [5.74, 6) is 0.826. The van der Waals surface area contributed by atoms with Crippen LogP contribution in [0.3, 0.4) is 0 Å². The van der Waals surface area contributed by atoms with Crippen molar-refractivity contribution in [3.63, 3.8) is 0 Å². The molecule has 0 aromatic heterocycles. The number of hydrogen-bond acceptors (Lipinski definition) is 7. The lowest BCUT2D eigenvalue weighted by molar-refractivity contribution is -0.141. The van der Waals surface area contributed by atoms with Crippen LogP contribution < -0.4 is 4.74 Å². The van der Waals surface area contributed by atoms with E-state index in [0.717, 1.165) is 11.1 Å². The highest BCUT2D eigenvalue weighted by Gasteiger charge is 2.41. The second-order valence-electron chi connectivity index (χ2n) is 7.63. The summed E-state index contributed by atoms with van der Waals surface area (Å²) in [6, 6.07) is 16.8. The Bertz CT molecular complexity index is 1070. The average molecular weight is 467 g/mol. The summed E-state index contributed by atoms with van der Waals surface area (Å²) in [5.41, 5.74) is 2.79. The summed E-state index contributed by atoms with van der Waals surface area (Å²) >= 11 is 1.52. The van der Waals surface area contributed by atoms with Crippen LogP contribution in [0.15, 0.2) is 70.9 Å². The molecule has 4 rings (SSSR count). The van der Waals surface area contributed by atoms with Crippen molar-refractivity contribution in [1.29, 1.82) is 0 Å². The monoisotopic (exact) mass is 466 g/mol. The molecule has 2 aromatic rings. The normalized spacial score (nSPS) is 18.0. The molecule has 0 spiro atoms. The number of allylic oxidation sites excluding steroid dienone is 1. The van der Waals surface area contributed by atoms with E-state index in [0.29, 0.717) is 47.6 Å². The highest BCUT2D eigenvalue weighted by atomic mass is 32.2. The molecule has 2 aliphatic heterocycles. The number of fused-ring (bicyclic) bond motifs is 1. The number of carbonyl (C=O) groups excluding carboxylic acids is 2. The molecular formula is C25H26N2O5S. The number of amidine groups is 1. The molecule has 8 heteroatoms. The van der Waals surface area contributed by atoms with Crippen LogP contribution in [0, 0.1) is 0 Å². The maximum Gasteiger partial charge on any atom is 0.338 e. The largest absolute Gasteiger partial charge is 0.489 e. The first-order valence-corrected chi connectivity index (χ1v) is 11.7. The molecule has 1 amide bonds. The highest BCUT2D eigenvalue weighted by molar-refractivity contribution is 8.14. The Labute approximate surface area is 197 Å². The number of carbonyl (C=O) groups is 2. The van der Waals surface area contributed by atoms with E-state index in [1.165, 1.54) is 11.8 Å². The van der Waals surface area contributed by atoms with Gasteiger partial charge in [0.05, 0.1) is 23.9 Å². The summed E-state index contributed by atoms with van der Waals surface area (Å²) < 4.78 is 16.3. The minimum absolute atomic E-state index is 0.0587. The van der Waals surface area contributed by atoms with Crippen molar-refractivity contribution in [2.75, 3.05) is 26.1 Å². The van der Waals surface area contributed by atoms with Gasteiger partial charge in [0.1, 0.15) is 19.0 Å². The van der Waals surface area contributed by atoms with Gasteiger partial charge in [-0.1, -0.05) is 54.2 Å². The summed E-state index contributed by atoms with van der Waals surface area (Å²) in [5, 5.41) is 0.617. The van der Waals surface area contributed by atoms with Gasteiger partial charge in [0, 0.05) is 19.3 Å². The van der Waals surface area contributed by atoms with Gasteiger partial charge >= 0.3 is 5.97 Å². The molecule has 0 saturated carbocycles. The molecule has 2 aliphatic rings. The van der Waals surface area contributed by atoms with Crippen LogP contribution in [0.25, 0.3) is 0 Å². The number of benzene rings is 2. The van der Waals surface area contributed by atoms with Gasteiger partial charge in [-0.05, 0) is 30.2 Å². The summed E-state index contributed by atoms with van der Waals surface area (Å²) in [4.78, 5) is 32.1. The first-order chi connectivity index (χ1) is 16.1. The van der Waals surface area contributed by atoms with Crippen molar-refractivity contribution in [3.8, 4) is 5.75 Å². The number of thioether (sulfide) groups is 1. The highest BCUT2D eigenvalue weighted by Crippen LogP contribution is 2.40. The van der Waals surface area contributed by atoms with E-state index >= 15 is 0 Å². The van der Waals surface area contributed by atoms with Crippen LogP contribution in [-0.2, 0) is 25.7 Å². The lowest BCUT2D eigenvalue weighted by Gasteiger charge is -2.38. The van der Waals surface area contributed by atoms with E-state index < -0.39 is 12.0 Å². The molecular weight excluding hydrogens is 440 g/mol. The van der Waals surface area contributed by atoms with Crippen molar-refractivity contribution in [3.05, 3.63) is 77.0 Å². The minimum Gasteiger partial charge on any atom is -0.489 e. The molecule has 2 aromatic carbocycles. The third-order valence-electron chi connectivity index (χ3n) is 5.39. The molecule has 1 fully saturated rings. The number of amides is 1. The number of nitrogens with zero attached hydrogens (tertiary/aromatic N) is 2. The van der Waals surface area contributed by atoms with Gasteiger partial charge in [0.25, 0.3) is 0 Å². The van der Waals surface area contributed by atoms with Crippen molar-refractivity contribution >= 4 is 28.8 Å². The number of esters is 1. The first-order valence-electron chi connectivity index (χ1n) is 10.8. The standard InChI is InChI=1S/C25H26N2O5S/c1-17-22(24(29)31-14-13-30-2)23(27-21(28)12-15-33-25(27)26-17)19-8-10-20(11-9-19)32-16-18-6-4-3-5-7-18/h3-11,23H,12-16H2,1-2H3/t23-/m0/s1. The molecule has 1 atom stereocenters. The van der Waals surface area contributed by atoms with Crippen LogP contribution in [0.1, 0.15) is 30.5 Å². The van der Waals surface area contributed by atoms with Crippen molar-refractivity contribution < 1.29 is 23.8 Å². The SMILES string of the molecule is COCCOC(=O)C1=C(C)N=C2SCCC(=O)N2[C@H]1c1ccc(OCc2ccccc2)cc1. The average Bonchev–Trinajstić information content (AvgIpc) is 2.83. The fourth-order valence-corrected chi connectivity index (χ4v) is 4.76. The first kappa shape index (κ1) is 23.1. The second kappa shape index (κ2) is 10.7. The summed E-state index contributed by atoms with van der Waals surface area (Å²) in [6.45, 7) is 2.66. The van der Waals surface area contributed by atoms with Crippen molar-refractivity contribution in [2.24, 2.45) is 4.99 Å². The van der Waals surface area contributed by atoms with E-state index in [1.807, 2.05) is 54.6 Å². The molecule has 172 valence electrons. The predicted octanol–water partition coefficient (Wildman–Crippen LogP) is 4.11. The smallest absolute Gasteiger partial charge is 0.338 e. The van der Waals surface area contributed by atoms with Crippen molar-refractivity contribution in [1.82, 2.24) is 4.90 Å². The topological polar surface area (TPSA) is 77.4 Å². The molecule has 2 heterocycles. The van der Waals surface area contributed by atoms with Crippen LogP contribution >= 0.6 is 11.8 Å². The number of methoxy groups -OCH3 is 1. The van der Waals surface area contributed by atoms with Crippen LogP contribution in [0.5, 0.6) is 5.75 Å². The zero-order chi connectivity index (χ0) is 23.2. The third-order valence-corrected chi connectivity index (χ3v) is 6.35. The zero-order valence-electron chi connectivity index (χ0n) is 18.7. The van der Waals surface area contributed by atoms with Crippen LogP contribution in [0.2, 0.25) is 0 Å².